The highest BCUT2D eigenvalue weighted by molar-refractivity contribution is 5.81. The van der Waals surface area contributed by atoms with Gasteiger partial charge in [-0.15, -0.1) is 0 Å². The molecule has 0 radical (unpaired) electrons. The number of ether oxygens (including phenoxy) is 1. The molecule has 5 nitrogen and oxygen atoms in total. The van der Waals surface area contributed by atoms with Crippen molar-refractivity contribution in [2.24, 2.45) is 0 Å². The summed E-state index contributed by atoms with van der Waals surface area (Å²) < 4.78 is 5.14. The number of carbonyl (C=O) groups excluding carboxylic acids is 2. The van der Waals surface area contributed by atoms with E-state index in [1.807, 2.05) is 18.9 Å². The third-order valence-corrected chi connectivity index (χ3v) is 4.33. The molecule has 5 heteroatoms. The summed E-state index contributed by atoms with van der Waals surface area (Å²) in [5.74, 6) is -0.118. The van der Waals surface area contributed by atoms with Crippen LogP contribution in [0.15, 0.2) is 11.8 Å². The highest BCUT2D eigenvalue weighted by Crippen LogP contribution is 2.22. The summed E-state index contributed by atoms with van der Waals surface area (Å²) in [6.45, 7) is 3.31. The van der Waals surface area contributed by atoms with E-state index in [0.717, 1.165) is 50.8 Å². The molecule has 1 heterocycles. The Hall–Kier alpha value is -1.36. The van der Waals surface area contributed by atoms with Crippen LogP contribution in [0.3, 0.4) is 0 Å². The normalized spacial score (nSPS) is 22.8. The predicted octanol–water partition coefficient (Wildman–Crippen LogP) is 1.93. The molecule has 0 aromatic heterocycles. The number of likely N-dealkylation sites (tertiary alicyclic amines) is 1. The van der Waals surface area contributed by atoms with Crippen LogP contribution in [0.4, 0.5) is 0 Å². The molecule has 0 aromatic rings. The van der Waals surface area contributed by atoms with Gasteiger partial charge >= 0.3 is 5.97 Å². The number of nitrogens with zero attached hydrogens (tertiary/aromatic N) is 2. The fraction of sp³-hybridized carbons (Fsp3) is 0.750. The number of rotatable bonds is 5. The van der Waals surface area contributed by atoms with E-state index >= 15 is 0 Å². The van der Waals surface area contributed by atoms with Gasteiger partial charge in [-0.1, -0.05) is 12.5 Å². The fourth-order valence-electron chi connectivity index (χ4n) is 3.08. The maximum atomic E-state index is 12.4. The molecule has 0 spiro atoms. The number of esters is 1. The van der Waals surface area contributed by atoms with Gasteiger partial charge in [0.15, 0.2) is 0 Å². The first-order chi connectivity index (χ1) is 10.1. The molecule has 1 aliphatic heterocycles. The van der Waals surface area contributed by atoms with Crippen LogP contribution >= 0.6 is 0 Å². The Morgan fingerprint density at radius 2 is 2.19 bits per heavy atom. The van der Waals surface area contributed by atoms with Gasteiger partial charge in [-0.05, 0) is 45.6 Å². The van der Waals surface area contributed by atoms with Crippen molar-refractivity contribution in [1.29, 1.82) is 0 Å². The molecule has 1 saturated heterocycles. The molecule has 1 fully saturated rings. The van der Waals surface area contributed by atoms with Crippen LogP contribution in [0.2, 0.25) is 0 Å². The average molecular weight is 294 g/mol. The van der Waals surface area contributed by atoms with Gasteiger partial charge in [-0.25, -0.2) is 0 Å². The summed E-state index contributed by atoms with van der Waals surface area (Å²) in [4.78, 5) is 28.2. The lowest BCUT2D eigenvalue weighted by Crippen LogP contribution is -2.49. The van der Waals surface area contributed by atoms with Crippen LogP contribution in [0, 0.1) is 0 Å². The SMILES string of the molecule is CCOC(=O)C1CCCCN1CC(=O)N(C)C1=CCCC1. The van der Waals surface area contributed by atoms with Gasteiger partial charge in [-0.3, -0.25) is 14.5 Å². The van der Waals surface area contributed by atoms with Crippen LogP contribution in [0.25, 0.3) is 0 Å². The largest absolute Gasteiger partial charge is 0.465 e. The first-order valence-corrected chi connectivity index (χ1v) is 7.99. The van der Waals surface area contributed by atoms with Gasteiger partial charge in [0.2, 0.25) is 5.91 Å². The van der Waals surface area contributed by atoms with Crippen LogP contribution in [-0.2, 0) is 14.3 Å². The van der Waals surface area contributed by atoms with E-state index in [2.05, 4.69) is 6.08 Å². The van der Waals surface area contributed by atoms with Crippen molar-refractivity contribution < 1.29 is 14.3 Å². The zero-order valence-corrected chi connectivity index (χ0v) is 13.1. The molecule has 1 amide bonds. The van der Waals surface area contributed by atoms with E-state index in [4.69, 9.17) is 4.74 Å². The standard InChI is InChI=1S/C16H26N2O3/c1-3-21-16(20)14-10-6-7-11-18(14)12-15(19)17(2)13-8-4-5-9-13/h8,14H,3-7,9-12H2,1-2H3. The van der Waals surface area contributed by atoms with Crippen LogP contribution < -0.4 is 0 Å². The molecular weight excluding hydrogens is 268 g/mol. The molecule has 2 aliphatic rings. The van der Waals surface area contributed by atoms with Gasteiger partial charge in [0.05, 0.1) is 13.2 Å². The van der Waals surface area contributed by atoms with E-state index in [9.17, 15) is 9.59 Å². The third-order valence-electron chi connectivity index (χ3n) is 4.33. The van der Waals surface area contributed by atoms with E-state index in [0.29, 0.717) is 13.2 Å². The monoisotopic (exact) mass is 294 g/mol. The number of piperidine rings is 1. The summed E-state index contributed by atoms with van der Waals surface area (Å²) in [6.07, 6.45) is 8.15. The van der Waals surface area contributed by atoms with Crippen molar-refractivity contribution >= 4 is 11.9 Å². The highest BCUT2D eigenvalue weighted by Gasteiger charge is 2.32. The topological polar surface area (TPSA) is 49.9 Å². The van der Waals surface area contributed by atoms with Gasteiger partial charge in [-0.2, -0.15) is 0 Å². The maximum Gasteiger partial charge on any atom is 0.323 e. The molecule has 2 rings (SSSR count). The molecule has 1 unspecified atom stereocenters. The number of hydrogen-bond acceptors (Lipinski definition) is 4. The third kappa shape index (κ3) is 4.06. The average Bonchev–Trinajstić information content (AvgIpc) is 3.01. The van der Waals surface area contributed by atoms with Crippen LogP contribution in [0.5, 0.6) is 0 Å². The Morgan fingerprint density at radius 3 is 2.86 bits per heavy atom. The molecule has 0 N–H and O–H groups in total. The Bertz CT molecular complexity index is 420. The number of likely N-dealkylation sites (N-methyl/N-ethyl adjacent to an activating group) is 1. The van der Waals surface area contributed by atoms with Crippen LogP contribution in [0.1, 0.15) is 45.4 Å². The molecular formula is C16H26N2O3. The van der Waals surface area contributed by atoms with Gasteiger partial charge in [0.25, 0.3) is 0 Å². The summed E-state index contributed by atoms with van der Waals surface area (Å²) in [5.41, 5.74) is 1.12. The summed E-state index contributed by atoms with van der Waals surface area (Å²) in [5, 5.41) is 0. The van der Waals surface area contributed by atoms with Gasteiger partial charge < -0.3 is 9.64 Å². The summed E-state index contributed by atoms with van der Waals surface area (Å²) in [7, 11) is 1.84. The molecule has 21 heavy (non-hydrogen) atoms. The Balaban J connectivity index is 1.94. The molecule has 0 bridgehead atoms. The highest BCUT2D eigenvalue weighted by atomic mass is 16.5. The molecule has 118 valence electrons. The maximum absolute atomic E-state index is 12.4. The fourth-order valence-corrected chi connectivity index (χ4v) is 3.08. The quantitative estimate of drug-likeness (QED) is 0.727. The van der Waals surface area contributed by atoms with Gasteiger partial charge in [0.1, 0.15) is 6.04 Å². The minimum absolute atomic E-state index is 0.0688. The number of amides is 1. The Kier molecular flexibility index (Phi) is 5.79. The van der Waals surface area contributed by atoms with E-state index < -0.39 is 0 Å². The van der Waals surface area contributed by atoms with E-state index in [1.165, 1.54) is 0 Å². The van der Waals surface area contributed by atoms with Crippen molar-refractivity contribution in [1.82, 2.24) is 9.80 Å². The lowest BCUT2D eigenvalue weighted by atomic mass is 10.0. The minimum atomic E-state index is -0.256. The molecule has 0 saturated carbocycles. The zero-order valence-electron chi connectivity index (χ0n) is 13.1. The van der Waals surface area contributed by atoms with E-state index in [1.54, 1.807) is 4.90 Å². The summed E-state index contributed by atoms with van der Waals surface area (Å²) >= 11 is 0. The first kappa shape index (κ1) is 16.0. The second-order valence-corrected chi connectivity index (χ2v) is 5.77. The van der Waals surface area contributed by atoms with Gasteiger partial charge in [0, 0.05) is 12.7 Å². The molecule has 0 aromatic carbocycles. The summed E-state index contributed by atoms with van der Waals surface area (Å²) in [6, 6.07) is -0.256. The number of hydrogen-bond donors (Lipinski definition) is 0. The number of carbonyl (C=O) groups is 2. The minimum Gasteiger partial charge on any atom is -0.465 e. The molecule has 1 aliphatic carbocycles. The number of allylic oxidation sites excluding steroid dienone is 2. The first-order valence-electron chi connectivity index (χ1n) is 7.99. The lowest BCUT2D eigenvalue weighted by Gasteiger charge is -2.34. The van der Waals surface area contributed by atoms with Crippen LogP contribution in [-0.4, -0.2) is 54.5 Å². The van der Waals surface area contributed by atoms with Crippen molar-refractivity contribution in [3.63, 3.8) is 0 Å². The van der Waals surface area contributed by atoms with Crippen molar-refractivity contribution in [2.45, 2.75) is 51.5 Å². The lowest BCUT2D eigenvalue weighted by molar-refractivity contribution is -0.151. The molecule has 1 atom stereocenters. The Morgan fingerprint density at radius 1 is 1.38 bits per heavy atom. The Labute approximate surface area is 126 Å². The second kappa shape index (κ2) is 7.59. The van der Waals surface area contributed by atoms with Crippen molar-refractivity contribution in [2.75, 3.05) is 26.7 Å². The smallest absolute Gasteiger partial charge is 0.323 e. The van der Waals surface area contributed by atoms with Crippen molar-refractivity contribution in [3.05, 3.63) is 11.8 Å². The zero-order chi connectivity index (χ0) is 15.2. The predicted molar refractivity (Wildman–Crippen MR) is 80.5 cm³/mol. The van der Waals surface area contributed by atoms with Crippen molar-refractivity contribution in [3.8, 4) is 0 Å². The second-order valence-electron chi connectivity index (χ2n) is 5.77. The van der Waals surface area contributed by atoms with E-state index in [-0.39, 0.29) is 17.9 Å².